The van der Waals surface area contributed by atoms with Gasteiger partial charge in [-0.15, -0.1) is 0 Å². The Bertz CT molecular complexity index is 319. The highest BCUT2D eigenvalue weighted by Crippen LogP contribution is 2.28. The van der Waals surface area contributed by atoms with Gasteiger partial charge in [0.2, 0.25) is 0 Å². The van der Waals surface area contributed by atoms with Gasteiger partial charge in [0.05, 0.1) is 0 Å². The molecule has 0 saturated carbocycles. The van der Waals surface area contributed by atoms with Crippen molar-refractivity contribution in [3.8, 4) is 5.75 Å². The fourth-order valence-corrected chi connectivity index (χ4v) is 1.19. The highest BCUT2D eigenvalue weighted by molar-refractivity contribution is 5.48. The van der Waals surface area contributed by atoms with Crippen LogP contribution in [0.25, 0.3) is 0 Å². The number of ether oxygens (including phenoxy) is 1. The van der Waals surface area contributed by atoms with Gasteiger partial charge in [-0.25, -0.2) is 4.39 Å². The molecule has 0 amide bonds. The third-order valence-corrected chi connectivity index (χ3v) is 1.66. The third-order valence-electron chi connectivity index (χ3n) is 1.66. The molecule has 0 radical (unpaired) electrons. The number of rotatable bonds is 1. The van der Waals surface area contributed by atoms with E-state index >= 15 is 0 Å². The number of nitrogens with two attached hydrogens (primary N) is 1. The SMILES string of the molecule is CC.Cc1cc(N)cc(F)c1OC(C)(C)C. The summed E-state index contributed by atoms with van der Waals surface area (Å²) in [6, 6.07) is 2.97. The Balaban J connectivity index is 0.00000106. The maximum Gasteiger partial charge on any atom is 0.167 e. The molecule has 0 aliphatic carbocycles. The smallest absolute Gasteiger partial charge is 0.167 e. The number of hydrogen-bond acceptors (Lipinski definition) is 2. The summed E-state index contributed by atoms with van der Waals surface area (Å²) in [4.78, 5) is 0. The summed E-state index contributed by atoms with van der Waals surface area (Å²) in [5, 5.41) is 0. The highest BCUT2D eigenvalue weighted by Gasteiger charge is 2.17. The molecule has 16 heavy (non-hydrogen) atoms. The Morgan fingerprint density at radius 2 is 1.69 bits per heavy atom. The van der Waals surface area contributed by atoms with Crippen molar-refractivity contribution in [1.82, 2.24) is 0 Å². The molecule has 0 fully saturated rings. The van der Waals surface area contributed by atoms with Crippen molar-refractivity contribution in [2.75, 3.05) is 5.73 Å². The lowest BCUT2D eigenvalue weighted by Crippen LogP contribution is -2.24. The monoisotopic (exact) mass is 227 g/mol. The molecule has 0 aliphatic heterocycles. The molecule has 3 heteroatoms. The van der Waals surface area contributed by atoms with E-state index in [1.54, 1.807) is 13.0 Å². The van der Waals surface area contributed by atoms with Crippen LogP contribution in [0.5, 0.6) is 5.75 Å². The van der Waals surface area contributed by atoms with Crippen molar-refractivity contribution in [3.05, 3.63) is 23.5 Å². The van der Waals surface area contributed by atoms with Crippen LogP contribution in [0.3, 0.4) is 0 Å². The first kappa shape index (κ1) is 14.8. The first-order chi connectivity index (χ1) is 7.29. The molecule has 0 saturated heterocycles. The standard InChI is InChI=1S/C11H16FNO.C2H6/c1-7-5-8(13)6-9(12)10(7)14-11(2,3)4;1-2/h5-6H,13H2,1-4H3;1-2H3. The summed E-state index contributed by atoms with van der Waals surface area (Å²) in [6.45, 7) is 11.4. The van der Waals surface area contributed by atoms with E-state index in [2.05, 4.69) is 0 Å². The molecule has 0 heterocycles. The zero-order valence-corrected chi connectivity index (χ0v) is 11.0. The maximum atomic E-state index is 13.4. The Morgan fingerprint density at radius 3 is 2.06 bits per heavy atom. The first-order valence-corrected chi connectivity index (χ1v) is 5.54. The fraction of sp³-hybridized carbons (Fsp3) is 0.538. The van der Waals surface area contributed by atoms with Crippen molar-refractivity contribution >= 4 is 5.69 Å². The molecule has 0 bridgehead atoms. The van der Waals surface area contributed by atoms with Gasteiger partial charge in [0.25, 0.3) is 0 Å². The van der Waals surface area contributed by atoms with Crippen LogP contribution in [0.4, 0.5) is 10.1 Å². The van der Waals surface area contributed by atoms with Crippen molar-refractivity contribution < 1.29 is 9.13 Å². The number of anilines is 1. The van der Waals surface area contributed by atoms with E-state index in [-0.39, 0.29) is 5.75 Å². The molecule has 0 spiro atoms. The van der Waals surface area contributed by atoms with E-state index in [4.69, 9.17) is 10.5 Å². The topological polar surface area (TPSA) is 35.2 Å². The Morgan fingerprint density at radius 1 is 1.19 bits per heavy atom. The predicted octanol–water partition coefficient (Wildman–Crippen LogP) is 3.92. The van der Waals surface area contributed by atoms with Gasteiger partial charge in [0.1, 0.15) is 5.60 Å². The second kappa shape index (κ2) is 5.73. The fourth-order valence-electron chi connectivity index (χ4n) is 1.19. The largest absolute Gasteiger partial charge is 0.485 e. The number of halogens is 1. The summed E-state index contributed by atoms with van der Waals surface area (Å²) in [5.41, 5.74) is 6.23. The molecule has 0 atom stereocenters. The molecule has 2 N–H and O–H groups in total. The summed E-state index contributed by atoms with van der Waals surface area (Å²) < 4.78 is 18.9. The Hall–Kier alpha value is -1.25. The zero-order chi connectivity index (χ0) is 12.9. The minimum atomic E-state index is -0.405. The van der Waals surface area contributed by atoms with Crippen LogP contribution in [0.2, 0.25) is 0 Å². The quantitative estimate of drug-likeness (QED) is 0.738. The molecular formula is C13H22FNO. The van der Waals surface area contributed by atoms with E-state index in [0.29, 0.717) is 5.69 Å². The normalized spacial score (nSPS) is 10.4. The number of benzene rings is 1. The van der Waals surface area contributed by atoms with Crippen molar-refractivity contribution in [1.29, 1.82) is 0 Å². The predicted molar refractivity (Wildman–Crippen MR) is 67.3 cm³/mol. The maximum absolute atomic E-state index is 13.4. The van der Waals surface area contributed by atoms with E-state index < -0.39 is 11.4 Å². The van der Waals surface area contributed by atoms with Gasteiger partial charge in [-0.1, -0.05) is 13.8 Å². The number of hydrogen-bond donors (Lipinski definition) is 1. The summed E-state index contributed by atoms with van der Waals surface area (Å²) >= 11 is 0. The van der Waals surface area contributed by atoms with Crippen LogP contribution in [-0.4, -0.2) is 5.60 Å². The third kappa shape index (κ3) is 4.51. The first-order valence-electron chi connectivity index (χ1n) is 5.54. The average molecular weight is 227 g/mol. The molecule has 1 rings (SSSR count). The van der Waals surface area contributed by atoms with E-state index in [9.17, 15) is 4.39 Å². The molecule has 0 aliphatic rings. The van der Waals surface area contributed by atoms with Crippen LogP contribution in [0, 0.1) is 12.7 Å². The Kier molecular flexibility index (Phi) is 5.28. The Labute approximate surface area is 97.6 Å². The van der Waals surface area contributed by atoms with E-state index in [0.717, 1.165) is 5.56 Å². The lowest BCUT2D eigenvalue weighted by atomic mass is 10.1. The van der Waals surface area contributed by atoms with Crippen molar-refractivity contribution in [2.45, 2.75) is 47.1 Å². The minimum Gasteiger partial charge on any atom is -0.485 e. The molecule has 0 unspecified atom stereocenters. The second-order valence-electron chi connectivity index (χ2n) is 4.36. The van der Waals surface area contributed by atoms with Gasteiger partial charge < -0.3 is 10.5 Å². The van der Waals surface area contributed by atoms with Gasteiger partial charge in [0, 0.05) is 11.8 Å². The van der Waals surface area contributed by atoms with E-state index in [1.165, 1.54) is 6.07 Å². The van der Waals surface area contributed by atoms with Crippen molar-refractivity contribution in [2.24, 2.45) is 0 Å². The molecule has 1 aromatic carbocycles. The minimum absolute atomic E-state index is 0.284. The summed E-state index contributed by atoms with van der Waals surface area (Å²) in [7, 11) is 0. The molecule has 2 nitrogen and oxygen atoms in total. The number of nitrogen functional groups attached to an aromatic ring is 1. The molecule has 92 valence electrons. The second-order valence-corrected chi connectivity index (χ2v) is 4.36. The lowest BCUT2D eigenvalue weighted by molar-refractivity contribution is 0.123. The van der Waals surface area contributed by atoms with Crippen LogP contribution >= 0.6 is 0 Å². The lowest BCUT2D eigenvalue weighted by Gasteiger charge is -2.23. The molecule has 1 aromatic rings. The average Bonchev–Trinajstić information content (AvgIpc) is 2.13. The number of aryl methyl sites for hydroxylation is 1. The van der Waals surface area contributed by atoms with Crippen LogP contribution in [0.1, 0.15) is 40.2 Å². The highest BCUT2D eigenvalue weighted by atomic mass is 19.1. The van der Waals surface area contributed by atoms with E-state index in [1.807, 2.05) is 34.6 Å². The van der Waals surface area contributed by atoms with Gasteiger partial charge in [-0.2, -0.15) is 0 Å². The van der Waals surface area contributed by atoms with Gasteiger partial charge in [-0.05, 0) is 39.3 Å². The van der Waals surface area contributed by atoms with Crippen LogP contribution in [0.15, 0.2) is 12.1 Å². The van der Waals surface area contributed by atoms with Gasteiger partial charge in [0.15, 0.2) is 11.6 Å². The van der Waals surface area contributed by atoms with Crippen molar-refractivity contribution in [3.63, 3.8) is 0 Å². The zero-order valence-electron chi connectivity index (χ0n) is 11.0. The van der Waals surface area contributed by atoms with Crippen LogP contribution in [-0.2, 0) is 0 Å². The van der Waals surface area contributed by atoms with Gasteiger partial charge in [-0.3, -0.25) is 0 Å². The molecular weight excluding hydrogens is 205 g/mol. The molecule has 0 aromatic heterocycles. The summed E-state index contributed by atoms with van der Waals surface area (Å²) in [6.07, 6.45) is 0. The van der Waals surface area contributed by atoms with Crippen LogP contribution < -0.4 is 10.5 Å². The van der Waals surface area contributed by atoms with Gasteiger partial charge >= 0.3 is 0 Å². The summed E-state index contributed by atoms with van der Waals surface area (Å²) in [5.74, 6) is -0.121.